The molecule has 0 spiro atoms. The van der Waals surface area contributed by atoms with Gasteiger partial charge in [-0.05, 0) is 49.4 Å². The number of nitrogens with zero attached hydrogens (tertiary/aromatic N) is 2. The highest BCUT2D eigenvalue weighted by molar-refractivity contribution is 5.39. The summed E-state index contributed by atoms with van der Waals surface area (Å²) in [7, 11) is 0. The summed E-state index contributed by atoms with van der Waals surface area (Å²) < 4.78 is 5.72. The van der Waals surface area contributed by atoms with Crippen molar-refractivity contribution in [1.82, 2.24) is 9.97 Å². The monoisotopic (exact) mass is 255 g/mol. The largest absolute Gasteiger partial charge is 0.424 e. The van der Waals surface area contributed by atoms with Crippen molar-refractivity contribution in [2.24, 2.45) is 5.73 Å². The second-order valence-corrected chi connectivity index (χ2v) is 4.85. The van der Waals surface area contributed by atoms with Crippen LogP contribution in [0, 0.1) is 6.92 Å². The van der Waals surface area contributed by atoms with E-state index in [1.165, 1.54) is 24.0 Å². The van der Waals surface area contributed by atoms with E-state index in [4.69, 9.17) is 10.5 Å². The molecule has 4 nitrogen and oxygen atoms in total. The van der Waals surface area contributed by atoms with Gasteiger partial charge >= 0.3 is 6.01 Å². The van der Waals surface area contributed by atoms with Crippen LogP contribution in [0.25, 0.3) is 0 Å². The van der Waals surface area contributed by atoms with E-state index in [0.717, 1.165) is 23.4 Å². The van der Waals surface area contributed by atoms with E-state index in [1.54, 1.807) is 6.20 Å². The molecule has 2 aromatic rings. The van der Waals surface area contributed by atoms with Crippen LogP contribution >= 0.6 is 0 Å². The minimum Gasteiger partial charge on any atom is -0.424 e. The van der Waals surface area contributed by atoms with E-state index in [2.05, 4.69) is 22.1 Å². The number of benzene rings is 1. The van der Waals surface area contributed by atoms with Crippen LogP contribution in [0.4, 0.5) is 0 Å². The van der Waals surface area contributed by atoms with Crippen molar-refractivity contribution < 1.29 is 4.74 Å². The highest BCUT2D eigenvalue weighted by Crippen LogP contribution is 2.27. The molecule has 98 valence electrons. The first-order valence-corrected chi connectivity index (χ1v) is 6.58. The average Bonchev–Trinajstić information content (AvgIpc) is 2.86. The van der Waals surface area contributed by atoms with Crippen LogP contribution in [0.5, 0.6) is 11.8 Å². The smallest absolute Gasteiger partial charge is 0.322 e. The fraction of sp³-hybridized carbons (Fsp3) is 0.333. The molecular weight excluding hydrogens is 238 g/mol. The van der Waals surface area contributed by atoms with Crippen molar-refractivity contribution in [2.45, 2.75) is 32.7 Å². The van der Waals surface area contributed by atoms with E-state index >= 15 is 0 Å². The topological polar surface area (TPSA) is 61.0 Å². The first-order chi connectivity index (χ1) is 9.26. The molecule has 3 rings (SSSR count). The standard InChI is InChI=1S/C15H17N3O/c1-10-13(8-16)9-17-15(18-10)19-14-6-5-11-3-2-4-12(11)7-14/h5-7,9H,2-4,8,16H2,1H3. The summed E-state index contributed by atoms with van der Waals surface area (Å²) in [5.74, 6) is 0.806. The first kappa shape index (κ1) is 12.1. The van der Waals surface area contributed by atoms with Gasteiger partial charge in [0, 0.05) is 24.0 Å². The van der Waals surface area contributed by atoms with Gasteiger partial charge in [-0.3, -0.25) is 0 Å². The second kappa shape index (κ2) is 4.97. The third kappa shape index (κ3) is 2.44. The molecule has 1 heterocycles. The Morgan fingerprint density at radius 2 is 2.11 bits per heavy atom. The Morgan fingerprint density at radius 1 is 1.26 bits per heavy atom. The van der Waals surface area contributed by atoms with Crippen LogP contribution in [0.2, 0.25) is 0 Å². The van der Waals surface area contributed by atoms with E-state index < -0.39 is 0 Å². The Kier molecular flexibility index (Phi) is 3.17. The molecular formula is C15H17N3O. The average molecular weight is 255 g/mol. The van der Waals surface area contributed by atoms with Gasteiger partial charge < -0.3 is 10.5 Å². The Balaban J connectivity index is 1.83. The summed E-state index contributed by atoms with van der Waals surface area (Å²) in [6, 6.07) is 6.60. The Morgan fingerprint density at radius 3 is 2.89 bits per heavy atom. The normalized spacial score (nSPS) is 13.4. The predicted molar refractivity (Wildman–Crippen MR) is 73.2 cm³/mol. The molecule has 4 heteroatoms. The second-order valence-electron chi connectivity index (χ2n) is 4.85. The lowest BCUT2D eigenvalue weighted by Crippen LogP contribution is -2.03. The van der Waals surface area contributed by atoms with Crippen LogP contribution in [0.1, 0.15) is 28.8 Å². The molecule has 0 saturated carbocycles. The van der Waals surface area contributed by atoms with Gasteiger partial charge in [0.05, 0.1) is 0 Å². The highest BCUT2D eigenvalue weighted by atomic mass is 16.5. The first-order valence-electron chi connectivity index (χ1n) is 6.58. The number of hydrogen-bond acceptors (Lipinski definition) is 4. The lowest BCUT2D eigenvalue weighted by Gasteiger charge is -2.08. The summed E-state index contributed by atoms with van der Waals surface area (Å²) in [6.07, 6.45) is 5.28. The van der Waals surface area contributed by atoms with Crippen LogP contribution < -0.4 is 10.5 Å². The molecule has 0 aliphatic heterocycles. The maximum atomic E-state index is 5.72. The van der Waals surface area contributed by atoms with Crippen molar-refractivity contribution in [1.29, 1.82) is 0 Å². The third-order valence-corrected chi connectivity index (χ3v) is 3.56. The van der Waals surface area contributed by atoms with Crippen molar-refractivity contribution in [3.05, 3.63) is 46.8 Å². The molecule has 0 saturated heterocycles. The summed E-state index contributed by atoms with van der Waals surface area (Å²) in [6.45, 7) is 2.37. The minimum absolute atomic E-state index is 0.382. The third-order valence-electron chi connectivity index (χ3n) is 3.56. The van der Waals surface area contributed by atoms with Crippen LogP contribution in [0.3, 0.4) is 0 Å². The molecule has 0 radical (unpaired) electrons. The number of hydrogen-bond donors (Lipinski definition) is 1. The van der Waals surface area contributed by atoms with Gasteiger partial charge in [-0.2, -0.15) is 4.98 Å². The number of rotatable bonds is 3. The summed E-state index contributed by atoms with van der Waals surface area (Å²) in [4.78, 5) is 8.51. The molecule has 2 N–H and O–H groups in total. The van der Waals surface area contributed by atoms with Crippen molar-refractivity contribution >= 4 is 0 Å². The zero-order chi connectivity index (χ0) is 13.2. The number of aryl methyl sites for hydroxylation is 3. The maximum Gasteiger partial charge on any atom is 0.322 e. The molecule has 0 unspecified atom stereocenters. The molecule has 0 bridgehead atoms. The van der Waals surface area contributed by atoms with Crippen molar-refractivity contribution in [2.75, 3.05) is 0 Å². The summed E-state index contributed by atoms with van der Waals surface area (Å²) >= 11 is 0. The lowest BCUT2D eigenvalue weighted by molar-refractivity contribution is 0.439. The fourth-order valence-corrected chi connectivity index (χ4v) is 2.44. The summed E-state index contributed by atoms with van der Waals surface area (Å²) in [5.41, 5.74) is 10.2. The predicted octanol–water partition coefficient (Wildman–Crippen LogP) is 2.52. The minimum atomic E-state index is 0.382. The zero-order valence-corrected chi connectivity index (χ0v) is 11.0. The van der Waals surface area contributed by atoms with Gasteiger partial charge in [0.2, 0.25) is 0 Å². The SMILES string of the molecule is Cc1nc(Oc2ccc3c(c2)CCC3)ncc1CN. The van der Waals surface area contributed by atoms with Gasteiger partial charge in [-0.25, -0.2) is 4.98 Å². The molecule has 1 aromatic carbocycles. The zero-order valence-electron chi connectivity index (χ0n) is 11.0. The quantitative estimate of drug-likeness (QED) is 0.915. The van der Waals surface area contributed by atoms with Gasteiger partial charge in [0.25, 0.3) is 0 Å². The number of nitrogens with two attached hydrogens (primary N) is 1. The van der Waals surface area contributed by atoms with Crippen LogP contribution in [-0.2, 0) is 19.4 Å². The molecule has 1 aliphatic rings. The maximum absolute atomic E-state index is 5.72. The molecule has 19 heavy (non-hydrogen) atoms. The Hall–Kier alpha value is -1.94. The molecule has 0 fully saturated rings. The molecule has 0 amide bonds. The van der Waals surface area contributed by atoms with Crippen LogP contribution in [-0.4, -0.2) is 9.97 Å². The molecule has 1 aromatic heterocycles. The molecule has 1 aliphatic carbocycles. The Bertz CT molecular complexity index is 610. The van der Waals surface area contributed by atoms with Gasteiger partial charge in [0.15, 0.2) is 0 Å². The van der Waals surface area contributed by atoms with Gasteiger partial charge in [0.1, 0.15) is 5.75 Å². The van der Waals surface area contributed by atoms with Gasteiger partial charge in [-0.15, -0.1) is 0 Å². The summed E-state index contributed by atoms with van der Waals surface area (Å²) in [5, 5.41) is 0. The number of ether oxygens (including phenoxy) is 1. The van der Waals surface area contributed by atoms with E-state index in [0.29, 0.717) is 12.6 Å². The highest BCUT2D eigenvalue weighted by Gasteiger charge is 2.12. The fourth-order valence-electron chi connectivity index (χ4n) is 2.44. The van der Waals surface area contributed by atoms with Crippen LogP contribution in [0.15, 0.2) is 24.4 Å². The van der Waals surface area contributed by atoms with E-state index in [9.17, 15) is 0 Å². The van der Waals surface area contributed by atoms with E-state index in [1.807, 2.05) is 13.0 Å². The van der Waals surface area contributed by atoms with E-state index in [-0.39, 0.29) is 0 Å². The van der Waals surface area contributed by atoms with Crippen molar-refractivity contribution in [3.63, 3.8) is 0 Å². The van der Waals surface area contributed by atoms with Gasteiger partial charge in [-0.1, -0.05) is 6.07 Å². The number of aromatic nitrogens is 2. The number of fused-ring (bicyclic) bond motifs is 1. The lowest BCUT2D eigenvalue weighted by atomic mass is 10.1. The van der Waals surface area contributed by atoms with Crippen molar-refractivity contribution in [3.8, 4) is 11.8 Å². The molecule has 0 atom stereocenters. The Labute approximate surface area is 112 Å².